The van der Waals surface area contributed by atoms with Crippen molar-refractivity contribution in [3.8, 4) is 0 Å². The molecule has 2 fully saturated rings. The van der Waals surface area contributed by atoms with Crippen molar-refractivity contribution in [2.24, 2.45) is 0 Å². The number of nitrogens with zero attached hydrogens (tertiary/aromatic N) is 2. The normalized spacial score (nSPS) is 34.7. The zero-order valence-electron chi connectivity index (χ0n) is 7.89. The van der Waals surface area contributed by atoms with Crippen LogP contribution in [-0.2, 0) is 4.74 Å². The lowest BCUT2D eigenvalue weighted by Crippen LogP contribution is -2.31. The highest BCUT2D eigenvalue weighted by Gasteiger charge is 2.40. The van der Waals surface area contributed by atoms with E-state index >= 15 is 0 Å². The average molecular weight is 191 g/mol. The first-order valence-corrected chi connectivity index (χ1v) is 5.11. The van der Waals surface area contributed by atoms with E-state index in [2.05, 4.69) is 15.3 Å². The molecule has 0 amide bonds. The van der Waals surface area contributed by atoms with Gasteiger partial charge >= 0.3 is 0 Å². The molecule has 1 N–H and O–H groups in total. The van der Waals surface area contributed by atoms with Gasteiger partial charge in [-0.2, -0.15) is 0 Å². The minimum Gasteiger partial charge on any atom is -0.373 e. The van der Waals surface area contributed by atoms with Crippen LogP contribution in [-0.4, -0.2) is 28.2 Å². The highest BCUT2D eigenvalue weighted by molar-refractivity contribution is 5.26. The summed E-state index contributed by atoms with van der Waals surface area (Å²) in [5.41, 5.74) is 0. The van der Waals surface area contributed by atoms with E-state index in [0.29, 0.717) is 24.2 Å². The molecule has 0 aliphatic carbocycles. The molecule has 0 radical (unpaired) electrons. The summed E-state index contributed by atoms with van der Waals surface area (Å²) in [6.45, 7) is 0. The predicted molar refractivity (Wildman–Crippen MR) is 52.0 cm³/mol. The fourth-order valence-electron chi connectivity index (χ4n) is 2.33. The predicted octanol–water partition coefficient (Wildman–Crippen LogP) is 1.21. The molecule has 4 heteroatoms. The zero-order valence-corrected chi connectivity index (χ0v) is 7.89. The van der Waals surface area contributed by atoms with Crippen LogP contribution in [0.3, 0.4) is 0 Å². The van der Waals surface area contributed by atoms with Crippen molar-refractivity contribution in [2.75, 3.05) is 5.32 Å². The molecule has 0 aromatic carbocycles. The van der Waals surface area contributed by atoms with Crippen molar-refractivity contribution in [3.63, 3.8) is 0 Å². The number of rotatable bonds is 2. The second kappa shape index (κ2) is 3.20. The minimum atomic E-state index is 0.379. The van der Waals surface area contributed by atoms with Crippen LogP contribution in [0.25, 0.3) is 0 Å². The van der Waals surface area contributed by atoms with Gasteiger partial charge in [-0.05, 0) is 25.3 Å². The summed E-state index contributed by atoms with van der Waals surface area (Å²) in [5.74, 6) is 0.716. The third-order valence-electron chi connectivity index (χ3n) is 2.99. The minimum absolute atomic E-state index is 0.379. The summed E-state index contributed by atoms with van der Waals surface area (Å²) >= 11 is 0. The Morgan fingerprint density at radius 1 is 1.29 bits per heavy atom. The van der Waals surface area contributed by atoms with E-state index in [0.717, 1.165) is 6.42 Å². The van der Waals surface area contributed by atoms with Crippen LogP contribution in [0.15, 0.2) is 18.5 Å². The molecule has 4 nitrogen and oxygen atoms in total. The van der Waals surface area contributed by atoms with E-state index in [1.54, 1.807) is 12.4 Å². The van der Waals surface area contributed by atoms with Crippen LogP contribution >= 0.6 is 0 Å². The largest absolute Gasteiger partial charge is 0.373 e. The topological polar surface area (TPSA) is 47.0 Å². The number of ether oxygens (including phenoxy) is 1. The molecule has 3 atom stereocenters. The van der Waals surface area contributed by atoms with E-state index in [1.165, 1.54) is 12.8 Å². The maximum atomic E-state index is 5.74. The van der Waals surface area contributed by atoms with Gasteiger partial charge in [0.2, 0.25) is 5.95 Å². The average Bonchev–Trinajstić information content (AvgIpc) is 2.81. The number of hydrogen-bond acceptors (Lipinski definition) is 4. The molecular formula is C10H13N3O. The van der Waals surface area contributed by atoms with Crippen molar-refractivity contribution >= 4 is 5.95 Å². The van der Waals surface area contributed by atoms with Crippen molar-refractivity contribution in [1.29, 1.82) is 0 Å². The summed E-state index contributed by atoms with van der Waals surface area (Å²) < 4.78 is 5.74. The first-order chi connectivity index (χ1) is 6.92. The Morgan fingerprint density at radius 3 is 2.79 bits per heavy atom. The lowest BCUT2D eigenvalue weighted by molar-refractivity contribution is 0.102. The van der Waals surface area contributed by atoms with Crippen LogP contribution in [0.4, 0.5) is 5.95 Å². The highest BCUT2D eigenvalue weighted by atomic mass is 16.5. The van der Waals surface area contributed by atoms with Crippen LogP contribution in [0.1, 0.15) is 19.3 Å². The molecular weight excluding hydrogens is 178 g/mol. The summed E-state index contributed by atoms with van der Waals surface area (Å²) in [6.07, 6.45) is 7.86. The van der Waals surface area contributed by atoms with Gasteiger partial charge in [-0.1, -0.05) is 0 Å². The van der Waals surface area contributed by atoms with Gasteiger partial charge in [0.15, 0.2) is 0 Å². The first kappa shape index (κ1) is 8.17. The fraction of sp³-hybridized carbons (Fsp3) is 0.600. The van der Waals surface area contributed by atoms with Gasteiger partial charge in [0.25, 0.3) is 0 Å². The first-order valence-electron chi connectivity index (χ1n) is 5.11. The molecule has 1 aromatic rings. The van der Waals surface area contributed by atoms with Gasteiger partial charge in [-0.15, -0.1) is 0 Å². The quantitative estimate of drug-likeness (QED) is 0.763. The Balaban J connectivity index is 1.69. The molecule has 2 bridgehead atoms. The molecule has 3 heterocycles. The standard InChI is InChI=1S/C10H13N3O/c1-4-11-10(12-5-1)13-8-6-7-2-3-9(8)14-7/h1,4-5,7-9H,2-3,6H2,(H,11,12,13). The van der Waals surface area contributed by atoms with E-state index in [-0.39, 0.29) is 0 Å². The maximum Gasteiger partial charge on any atom is 0.222 e. The van der Waals surface area contributed by atoms with Crippen molar-refractivity contribution in [2.45, 2.75) is 37.5 Å². The fourth-order valence-corrected chi connectivity index (χ4v) is 2.33. The summed E-state index contributed by atoms with van der Waals surface area (Å²) in [5, 5.41) is 3.33. The Morgan fingerprint density at radius 2 is 2.14 bits per heavy atom. The van der Waals surface area contributed by atoms with E-state index in [9.17, 15) is 0 Å². The summed E-state index contributed by atoms with van der Waals surface area (Å²) in [4.78, 5) is 8.30. The Kier molecular flexibility index (Phi) is 1.87. The van der Waals surface area contributed by atoms with Crippen molar-refractivity contribution in [1.82, 2.24) is 9.97 Å². The number of anilines is 1. The molecule has 0 spiro atoms. The van der Waals surface area contributed by atoms with Gasteiger partial charge < -0.3 is 10.1 Å². The molecule has 2 aliphatic rings. The number of aromatic nitrogens is 2. The summed E-state index contributed by atoms with van der Waals surface area (Å²) in [6, 6.07) is 2.24. The van der Waals surface area contributed by atoms with Crippen molar-refractivity contribution in [3.05, 3.63) is 18.5 Å². The Bertz CT molecular complexity index is 316. The molecule has 74 valence electrons. The lowest BCUT2D eigenvalue weighted by atomic mass is 9.96. The smallest absolute Gasteiger partial charge is 0.222 e. The molecule has 3 rings (SSSR count). The van der Waals surface area contributed by atoms with Crippen LogP contribution in [0, 0.1) is 0 Å². The Hall–Kier alpha value is -1.16. The van der Waals surface area contributed by atoms with E-state index in [1.807, 2.05) is 6.07 Å². The number of hydrogen-bond donors (Lipinski definition) is 1. The Labute approximate surface area is 82.7 Å². The summed E-state index contributed by atoms with van der Waals surface area (Å²) in [7, 11) is 0. The van der Waals surface area contributed by atoms with Gasteiger partial charge in [-0.25, -0.2) is 9.97 Å². The van der Waals surface area contributed by atoms with Gasteiger partial charge in [0.1, 0.15) is 0 Å². The monoisotopic (exact) mass is 191 g/mol. The van der Waals surface area contributed by atoms with Gasteiger partial charge in [-0.3, -0.25) is 0 Å². The van der Waals surface area contributed by atoms with E-state index in [4.69, 9.17) is 4.74 Å². The number of nitrogens with one attached hydrogen (secondary N) is 1. The molecule has 1 aromatic heterocycles. The van der Waals surface area contributed by atoms with Gasteiger partial charge in [0, 0.05) is 12.4 Å². The molecule has 3 unspecified atom stereocenters. The van der Waals surface area contributed by atoms with Gasteiger partial charge in [0.05, 0.1) is 18.2 Å². The third-order valence-corrected chi connectivity index (χ3v) is 2.99. The molecule has 2 saturated heterocycles. The second-order valence-corrected chi connectivity index (χ2v) is 3.93. The zero-order chi connectivity index (χ0) is 9.38. The lowest BCUT2D eigenvalue weighted by Gasteiger charge is -2.19. The SMILES string of the molecule is c1cnc(NC2CC3CCC2O3)nc1. The molecule has 2 aliphatic heterocycles. The maximum absolute atomic E-state index is 5.74. The molecule has 0 saturated carbocycles. The van der Waals surface area contributed by atoms with E-state index < -0.39 is 0 Å². The third kappa shape index (κ3) is 1.35. The highest BCUT2D eigenvalue weighted by Crippen LogP contribution is 2.35. The van der Waals surface area contributed by atoms with Crippen LogP contribution < -0.4 is 5.32 Å². The van der Waals surface area contributed by atoms with Crippen LogP contribution in [0.2, 0.25) is 0 Å². The molecule has 14 heavy (non-hydrogen) atoms. The van der Waals surface area contributed by atoms with Crippen LogP contribution in [0.5, 0.6) is 0 Å². The number of fused-ring (bicyclic) bond motifs is 2. The van der Waals surface area contributed by atoms with Crippen molar-refractivity contribution < 1.29 is 4.74 Å². The second-order valence-electron chi connectivity index (χ2n) is 3.93.